The summed E-state index contributed by atoms with van der Waals surface area (Å²) in [6.07, 6.45) is 6.81. The van der Waals surface area contributed by atoms with Crippen molar-refractivity contribution < 1.29 is 14.3 Å². The summed E-state index contributed by atoms with van der Waals surface area (Å²) in [5.74, 6) is 0.522. The number of H-pyrrole nitrogens is 1. The fraction of sp³-hybridized carbons (Fsp3) is 0.526. The van der Waals surface area contributed by atoms with Crippen molar-refractivity contribution in [2.75, 3.05) is 11.9 Å². The van der Waals surface area contributed by atoms with E-state index in [9.17, 15) is 9.59 Å². The molecule has 2 atom stereocenters. The largest absolute Gasteiger partial charge is 0.446 e. The molecular weight excluding hydrogens is 622 g/mol. The van der Waals surface area contributed by atoms with E-state index in [4.69, 9.17) is 4.74 Å². The number of nitrogens with zero attached hydrogens (tertiary/aromatic N) is 3. The summed E-state index contributed by atoms with van der Waals surface area (Å²) in [4.78, 5) is 24.0. The molecule has 2 unspecified atom stereocenters. The van der Waals surface area contributed by atoms with Crippen molar-refractivity contribution in [3.63, 3.8) is 0 Å². The SMILES string of the molecule is CCCNC(=O)OC1CCC([CH-]c2cc(NC(=O)c3cn(C)nc3C)n[nH]2)C1.[Lr]. The second kappa shape index (κ2) is 9.29. The number of anilines is 1. The van der Waals surface area contributed by atoms with Gasteiger partial charge < -0.3 is 20.5 Å². The van der Waals surface area contributed by atoms with Crippen molar-refractivity contribution in [3.05, 3.63) is 35.6 Å². The molecule has 0 bridgehead atoms. The third kappa shape index (κ3) is 5.50. The molecule has 167 valence electrons. The molecular formula is C19H27LrN6O3-. The summed E-state index contributed by atoms with van der Waals surface area (Å²) < 4.78 is 7.05. The fourth-order valence-electron chi connectivity index (χ4n) is 3.40. The van der Waals surface area contributed by atoms with Gasteiger partial charge in [-0.2, -0.15) is 10.2 Å². The molecule has 29 heavy (non-hydrogen) atoms. The Balaban J connectivity index is 0.00000300. The Morgan fingerprint density at radius 3 is 2.90 bits per heavy atom. The van der Waals surface area contributed by atoms with Crippen LogP contribution in [0.2, 0.25) is 0 Å². The van der Waals surface area contributed by atoms with Gasteiger partial charge in [0, 0.05) is 19.8 Å². The number of hydrogen-bond donors (Lipinski definition) is 3. The third-order valence-electron chi connectivity index (χ3n) is 4.73. The zero-order valence-corrected chi connectivity index (χ0v) is 18.9. The van der Waals surface area contributed by atoms with Crippen LogP contribution >= 0.6 is 0 Å². The molecule has 2 aromatic rings. The number of carbonyl (C=O) groups is 2. The Bertz CT molecular complexity index is 834. The molecule has 10 heteroatoms. The number of aromatic nitrogens is 4. The number of aryl methyl sites for hydroxylation is 2. The summed E-state index contributed by atoms with van der Waals surface area (Å²) in [5.41, 5.74) is 2.02. The van der Waals surface area contributed by atoms with Crippen LogP contribution in [0.5, 0.6) is 0 Å². The van der Waals surface area contributed by atoms with Gasteiger partial charge in [-0.15, -0.1) is 11.8 Å². The second-order valence-electron chi connectivity index (χ2n) is 7.16. The van der Waals surface area contributed by atoms with Gasteiger partial charge in [-0.25, -0.2) is 11.2 Å². The maximum Gasteiger partial charge on any atom is 0.407 e. The Labute approximate surface area is 164 Å². The van der Waals surface area contributed by atoms with Crippen LogP contribution in [0.3, 0.4) is 0 Å². The molecule has 0 aromatic carbocycles. The van der Waals surface area contributed by atoms with Crippen molar-refractivity contribution in [3.8, 4) is 0 Å². The molecule has 1 aliphatic rings. The van der Waals surface area contributed by atoms with Crippen molar-refractivity contribution in [1.82, 2.24) is 25.3 Å². The van der Waals surface area contributed by atoms with Gasteiger partial charge in [0.25, 0.3) is 5.91 Å². The normalized spacial score (nSPS) is 18.0. The first-order chi connectivity index (χ1) is 13.4. The van der Waals surface area contributed by atoms with Crippen LogP contribution in [0.25, 0.3) is 0 Å². The number of amides is 2. The van der Waals surface area contributed by atoms with Crippen molar-refractivity contribution in [1.29, 1.82) is 0 Å². The quantitative estimate of drug-likeness (QED) is 0.400. The van der Waals surface area contributed by atoms with E-state index in [0.29, 0.717) is 29.5 Å². The Kier molecular flexibility index (Phi) is 6.84. The van der Waals surface area contributed by atoms with Gasteiger partial charge in [0.15, 0.2) is 0 Å². The number of carbonyl (C=O) groups excluding carboxylic acids is 2. The van der Waals surface area contributed by atoms with Crippen molar-refractivity contribution in [2.24, 2.45) is 13.0 Å². The first kappa shape index (κ1) is 21.3. The molecule has 0 aliphatic heterocycles. The van der Waals surface area contributed by atoms with E-state index in [0.717, 1.165) is 31.4 Å². The van der Waals surface area contributed by atoms with Gasteiger partial charge in [0.1, 0.15) is 6.10 Å². The monoisotopic (exact) mass is 649 g/mol. The van der Waals surface area contributed by atoms with E-state index in [1.165, 1.54) is 0 Å². The van der Waals surface area contributed by atoms with Crippen LogP contribution in [0.15, 0.2) is 12.3 Å². The molecule has 2 heterocycles. The standard InChI is InChI=1S/C19H27N6O3.Lr/c1-4-7-20-19(27)28-15-6-5-13(9-15)8-14-10-17(23-22-14)21-18(26)16-11-25(3)24-12(16)2;/h8,10-11,13,15H,4-7,9H2,1-3H3,(H,20,27)(H2,21,22,23,26);/q-1;. The summed E-state index contributed by atoms with van der Waals surface area (Å²) >= 11 is 0. The predicted molar refractivity (Wildman–Crippen MR) is 104 cm³/mol. The van der Waals surface area contributed by atoms with Crippen LogP contribution < -0.4 is 10.6 Å². The molecule has 1 fully saturated rings. The van der Waals surface area contributed by atoms with Gasteiger partial charge in [-0.3, -0.25) is 9.48 Å². The maximum atomic E-state index is 12.3. The first-order valence-electron chi connectivity index (χ1n) is 9.61. The molecule has 1 saturated carbocycles. The number of alkyl carbamates (subject to hydrolysis) is 1. The molecule has 0 saturated heterocycles. The second-order valence-corrected chi connectivity index (χ2v) is 7.16. The van der Waals surface area contributed by atoms with Gasteiger partial charge >= 0.3 is 6.09 Å². The van der Waals surface area contributed by atoms with Crippen LogP contribution in [-0.4, -0.2) is 44.6 Å². The first-order valence-corrected chi connectivity index (χ1v) is 9.61. The third-order valence-corrected chi connectivity index (χ3v) is 4.73. The minimum absolute atomic E-state index is 0. The van der Waals surface area contributed by atoms with Crippen LogP contribution in [-0.2, 0) is 11.8 Å². The van der Waals surface area contributed by atoms with E-state index in [2.05, 4.69) is 32.4 Å². The number of ether oxygens (including phenoxy) is 1. The topological polar surface area (TPSA) is 114 Å². The van der Waals surface area contributed by atoms with Crippen LogP contribution in [0, 0.1) is 19.3 Å². The molecule has 9 nitrogen and oxygen atoms in total. The molecule has 2 aromatic heterocycles. The minimum atomic E-state index is -0.343. The molecule has 1 aliphatic carbocycles. The molecule has 2 amide bonds. The molecule has 3 N–H and O–H groups in total. The summed E-state index contributed by atoms with van der Waals surface area (Å²) in [5, 5.41) is 16.8. The van der Waals surface area contributed by atoms with Gasteiger partial charge in [-0.05, 0) is 26.2 Å². The zero-order chi connectivity index (χ0) is 20.1. The van der Waals surface area contributed by atoms with Gasteiger partial charge in [0.05, 0.1) is 17.1 Å². The average Bonchev–Trinajstić information content (AvgIpc) is 3.35. The molecule has 0 spiro atoms. The minimum Gasteiger partial charge on any atom is -0.446 e. The number of rotatable bonds is 7. The molecule has 3 rings (SSSR count). The van der Waals surface area contributed by atoms with E-state index >= 15 is 0 Å². The van der Waals surface area contributed by atoms with Crippen molar-refractivity contribution >= 4 is 17.8 Å². The number of nitrogens with one attached hydrogen (secondary N) is 3. The summed E-state index contributed by atoms with van der Waals surface area (Å²) in [6.45, 7) is 4.42. The van der Waals surface area contributed by atoms with Crippen molar-refractivity contribution in [2.45, 2.75) is 45.6 Å². The van der Waals surface area contributed by atoms with E-state index in [1.807, 2.05) is 6.92 Å². The van der Waals surface area contributed by atoms with Crippen LogP contribution in [0.1, 0.15) is 54.4 Å². The Morgan fingerprint density at radius 1 is 1.41 bits per heavy atom. The Hall–Kier alpha value is -3.97. The Morgan fingerprint density at radius 2 is 2.21 bits per heavy atom. The molecule has 1 radical (unpaired) electrons. The van der Waals surface area contributed by atoms with Crippen LogP contribution in [0.4, 0.5) is 10.6 Å². The number of aromatic amines is 1. The van der Waals surface area contributed by atoms with E-state index in [1.54, 1.807) is 30.9 Å². The zero-order valence-electron chi connectivity index (χ0n) is 16.7. The smallest absolute Gasteiger partial charge is 0.407 e. The summed E-state index contributed by atoms with van der Waals surface area (Å²) in [7, 11) is 1.78. The average molecular weight is 649 g/mol. The van der Waals surface area contributed by atoms with E-state index in [-0.39, 0.29) is 18.1 Å². The fourth-order valence-corrected chi connectivity index (χ4v) is 3.40. The predicted octanol–water partition coefficient (Wildman–Crippen LogP) is 2.56. The van der Waals surface area contributed by atoms with Gasteiger partial charge in [-0.1, -0.05) is 19.3 Å². The maximum absolute atomic E-state index is 12.3. The van der Waals surface area contributed by atoms with Gasteiger partial charge in [0.2, 0.25) is 0 Å². The number of hydrogen-bond acceptors (Lipinski definition) is 5. The summed E-state index contributed by atoms with van der Waals surface area (Å²) in [6, 6.07) is 1.80. The van der Waals surface area contributed by atoms with E-state index < -0.39 is 0 Å².